The number of aliphatic hydroxyl groups excluding tert-OH is 2. The van der Waals surface area contributed by atoms with Crippen molar-refractivity contribution in [2.45, 2.75) is 167 Å². The molecule has 0 bridgehead atoms. The fourth-order valence-corrected chi connectivity index (χ4v) is 5.08. The molecule has 0 fully saturated rings. The van der Waals surface area contributed by atoms with Crippen molar-refractivity contribution in [2.24, 2.45) is 0 Å². The van der Waals surface area contributed by atoms with E-state index in [9.17, 15) is 237 Å². The first-order valence-corrected chi connectivity index (χ1v) is 20.0. The maximum absolute atomic E-state index is 14.0. The van der Waals surface area contributed by atoms with Crippen LogP contribution in [-0.2, 0) is 18.9 Å². The minimum Gasteiger partial charge on any atom is -0.390 e. The fraction of sp³-hybridized carbons (Fsp3) is 1.00. The lowest BCUT2D eigenvalue weighted by Gasteiger charge is -2.45. The molecular formula is C32H12F54O6. The van der Waals surface area contributed by atoms with E-state index >= 15 is 0 Å². The van der Waals surface area contributed by atoms with Gasteiger partial charge in [0.15, 0.2) is 0 Å². The molecule has 6 nitrogen and oxygen atoms in total. The highest BCUT2D eigenvalue weighted by molar-refractivity contribution is 5.20. The summed E-state index contributed by atoms with van der Waals surface area (Å²) in [4.78, 5) is 0. The third kappa shape index (κ3) is 12.1. The van der Waals surface area contributed by atoms with Crippen LogP contribution in [0.3, 0.4) is 0 Å². The molecule has 2 atom stereocenters. The highest BCUT2D eigenvalue weighted by atomic mass is 19.4. The van der Waals surface area contributed by atoms with Crippen molar-refractivity contribution < 1.29 is 266 Å². The molecule has 0 aromatic heterocycles. The molecule has 0 heterocycles. The van der Waals surface area contributed by atoms with E-state index in [0.29, 0.717) is 0 Å². The van der Waals surface area contributed by atoms with Gasteiger partial charge < -0.3 is 19.7 Å². The molecule has 0 rings (SSSR count). The van der Waals surface area contributed by atoms with Crippen LogP contribution in [0.2, 0.25) is 0 Å². The largest absolute Gasteiger partial charge is 0.428 e. The summed E-state index contributed by atoms with van der Waals surface area (Å²) < 4.78 is 751. The van der Waals surface area contributed by atoms with Gasteiger partial charge in [-0.25, -0.2) is 8.78 Å². The van der Waals surface area contributed by atoms with Crippen molar-refractivity contribution in [3.63, 3.8) is 0 Å². The maximum Gasteiger partial charge on any atom is 0.428 e. The van der Waals surface area contributed by atoms with Crippen LogP contribution in [0.5, 0.6) is 0 Å². The number of hydrogen-bond donors (Lipinski definition) is 2. The standard InChI is InChI=1S/C32H12F54O6/c33-5(11(43,44)89-3-9(39,40)15(51,52)19(59,60)23(67,68)27(75,76)25(71,72)21(63,64)17(55,56)13(47,48)7(35,36)1-87)91-31(83,84)29(79,80)30(81,82)32(85,86)92-6(34)12(45,46)90-4-10(41,42)16(53,54)20(61,62)24(69,70)28(77,78)26(73,74)22(65,66)18(57,58)14(49,50)8(37,38)2-88/h5-6,87-88H,1-4H2. The third-order valence-corrected chi connectivity index (χ3v) is 10.8. The molecule has 0 aliphatic rings. The predicted molar refractivity (Wildman–Crippen MR) is 167 cm³/mol. The van der Waals surface area contributed by atoms with E-state index in [0.717, 1.165) is 0 Å². The van der Waals surface area contributed by atoms with Gasteiger partial charge in [0.2, 0.25) is 0 Å². The first-order valence-electron chi connectivity index (χ1n) is 20.0. The summed E-state index contributed by atoms with van der Waals surface area (Å²) in [6.45, 7) is -18.6. The van der Waals surface area contributed by atoms with Crippen molar-refractivity contribution in [2.75, 3.05) is 26.4 Å². The molecule has 0 spiro atoms. The smallest absolute Gasteiger partial charge is 0.390 e. The Bertz CT molecular complexity index is 2360. The molecule has 0 aliphatic heterocycles. The summed E-state index contributed by atoms with van der Waals surface area (Å²) in [5.41, 5.74) is 0. The van der Waals surface area contributed by atoms with Gasteiger partial charge >= 0.3 is 155 Å². The van der Waals surface area contributed by atoms with Gasteiger partial charge in [0.1, 0.15) is 26.4 Å². The summed E-state index contributed by atoms with van der Waals surface area (Å²) in [5, 5.41) is 15.8. The summed E-state index contributed by atoms with van der Waals surface area (Å²) in [7, 11) is 0. The SMILES string of the molecule is OCC(F)(F)C(F)(F)C(F)(F)C(F)(F)C(F)(F)C(F)(F)C(F)(F)C(F)(F)C(F)(F)C(F)(F)COC(F)(F)C(F)OC(F)(F)C(F)(F)C(F)(F)C(F)(F)OC(F)C(F)(F)OCC(F)(F)C(F)(F)C(F)(F)C(F)(F)C(F)(F)C(F)(F)C(F)(F)C(F)(F)C(F)(F)C(F)(F)CO. The van der Waals surface area contributed by atoms with Crippen molar-refractivity contribution >= 4 is 0 Å². The van der Waals surface area contributed by atoms with Gasteiger partial charge in [-0.15, -0.1) is 0 Å². The molecule has 2 unspecified atom stereocenters. The van der Waals surface area contributed by atoms with Crippen molar-refractivity contribution in [3.8, 4) is 0 Å². The molecule has 0 aromatic carbocycles. The lowest BCUT2D eigenvalue weighted by atomic mass is 9.85. The van der Waals surface area contributed by atoms with E-state index < -0.39 is 194 Å². The monoisotopic (exact) mass is 1520 g/mol. The van der Waals surface area contributed by atoms with Crippen LogP contribution >= 0.6 is 0 Å². The normalized spacial score (nSPS) is 17.6. The summed E-state index contributed by atoms with van der Waals surface area (Å²) >= 11 is 0. The number of halogens is 54. The highest BCUT2D eigenvalue weighted by Gasteiger charge is 3.00. The van der Waals surface area contributed by atoms with Gasteiger partial charge in [-0.2, -0.15) is 228 Å². The molecular weight excluding hydrogens is 1510 g/mol. The Labute approximate surface area is 461 Å². The number of ether oxygens (including phenoxy) is 4. The summed E-state index contributed by atoms with van der Waals surface area (Å²) in [6, 6.07) is 0. The van der Waals surface area contributed by atoms with Gasteiger partial charge in [0.25, 0.3) is 12.7 Å². The predicted octanol–water partition coefficient (Wildman–Crippen LogP) is 16.0. The van der Waals surface area contributed by atoms with Crippen LogP contribution in [-0.4, -0.2) is 204 Å². The van der Waals surface area contributed by atoms with Crippen molar-refractivity contribution in [3.05, 3.63) is 0 Å². The van der Waals surface area contributed by atoms with E-state index in [1.807, 2.05) is 0 Å². The van der Waals surface area contributed by atoms with Gasteiger partial charge in [-0.1, -0.05) is 0 Å². The third-order valence-electron chi connectivity index (χ3n) is 10.8. The fourth-order valence-electron chi connectivity index (χ4n) is 5.08. The van der Waals surface area contributed by atoms with Crippen LogP contribution < -0.4 is 0 Å². The molecule has 92 heavy (non-hydrogen) atoms. The molecule has 0 aliphatic carbocycles. The zero-order chi connectivity index (χ0) is 75.8. The lowest BCUT2D eigenvalue weighted by molar-refractivity contribution is -0.503. The molecule has 60 heteroatoms. The van der Waals surface area contributed by atoms with E-state index in [4.69, 9.17) is 10.2 Å². The Morgan fingerprint density at radius 2 is 0.326 bits per heavy atom. The Kier molecular flexibility index (Phi) is 22.3. The number of hydrogen-bond acceptors (Lipinski definition) is 6. The zero-order valence-corrected chi connectivity index (χ0v) is 39.9. The second-order valence-electron chi connectivity index (χ2n) is 17.1. The van der Waals surface area contributed by atoms with Gasteiger partial charge in [-0.3, -0.25) is 9.47 Å². The van der Waals surface area contributed by atoms with Gasteiger partial charge in [-0.05, 0) is 0 Å². The van der Waals surface area contributed by atoms with Crippen LogP contribution in [0.1, 0.15) is 0 Å². The first kappa shape index (κ1) is 88.0. The van der Waals surface area contributed by atoms with Crippen molar-refractivity contribution in [1.82, 2.24) is 0 Å². The Hall–Kier alpha value is -4.02. The average molecular weight is 1520 g/mol. The molecule has 0 saturated heterocycles. The summed E-state index contributed by atoms with van der Waals surface area (Å²) in [6.07, 6.45) is -47.2. The summed E-state index contributed by atoms with van der Waals surface area (Å²) in [5.74, 6) is -202. The second-order valence-corrected chi connectivity index (χ2v) is 17.1. The Morgan fingerprint density at radius 1 is 0.196 bits per heavy atom. The Balaban J connectivity index is 7.00. The molecule has 0 saturated carbocycles. The maximum atomic E-state index is 14.0. The van der Waals surface area contributed by atoms with E-state index in [2.05, 4.69) is 0 Å². The molecule has 0 radical (unpaired) electrons. The topological polar surface area (TPSA) is 77.4 Å². The van der Waals surface area contributed by atoms with Crippen LogP contribution in [0.4, 0.5) is 237 Å². The second kappa shape index (κ2) is 23.3. The zero-order valence-electron chi connectivity index (χ0n) is 39.9. The quantitative estimate of drug-likeness (QED) is 0.0616. The van der Waals surface area contributed by atoms with Gasteiger partial charge in [0.05, 0.1) is 0 Å². The Morgan fingerprint density at radius 3 is 0.467 bits per heavy atom. The molecule has 2 N–H and O–H groups in total. The van der Waals surface area contributed by atoms with Crippen molar-refractivity contribution in [1.29, 1.82) is 0 Å². The molecule has 0 aromatic rings. The number of rotatable bonds is 35. The molecule has 0 amide bonds. The minimum atomic E-state index is -9.91. The van der Waals surface area contributed by atoms with E-state index in [1.54, 1.807) is 9.47 Å². The number of alkyl halides is 54. The molecule has 554 valence electrons. The first-order chi connectivity index (χ1) is 39.0. The van der Waals surface area contributed by atoms with E-state index in [1.165, 1.54) is 9.47 Å². The average Bonchev–Trinajstić information content (AvgIpc) is 0.696. The van der Waals surface area contributed by atoms with Crippen LogP contribution in [0, 0.1) is 0 Å². The van der Waals surface area contributed by atoms with Gasteiger partial charge in [0, 0.05) is 0 Å². The lowest BCUT2D eigenvalue weighted by Crippen LogP contribution is -2.77. The number of aliphatic hydroxyl groups is 2. The highest BCUT2D eigenvalue weighted by Crippen LogP contribution is 2.69. The van der Waals surface area contributed by atoms with Crippen LogP contribution in [0.15, 0.2) is 0 Å². The van der Waals surface area contributed by atoms with Crippen LogP contribution in [0.25, 0.3) is 0 Å². The minimum absolute atomic E-state index is 1.26. The van der Waals surface area contributed by atoms with E-state index in [-0.39, 0.29) is 0 Å².